The molecule has 1 atom stereocenters. The Kier molecular flexibility index (Phi) is 4.56. The van der Waals surface area contributed by atoms with Crippen molar-refractivity contribution in [3.63, 3.8) is 0 Å². The van der Waals surface area contributed by atoms with Gasteiger partial charge in [-0.3, -0.25) is 4.79 Å². The fourth-order valence-electron chi connectivity index (χ4n) is 1.85. The maximum atomic E-state index is 11.7. The first kappa shape index (κ1) is 13.1. The predicted octanol–water partition coefficient (Wildman–Crippen LogP) is 3.04. The molecule has 1 heterocycles. The van der Waals surface area contributed by atoms with Crippen molar-refractivity contribution in [3.8, 4) is 0 Å². The summed E-state index contributed by atoms with van der Waals surface area (Å²) >= 11 is 0. The topological polar surface area (TPSA) is 42.2 Å². The Balaban J connectivity index is 1.82. The lowest BCUT2D eigenvalue weighted by molar-refractivity contribution is -0.117. The van der Waals surface area contributed by atoms with Crippen LogP contribution in [0.2, 0.25) is 0 Å². The highest BCUT2D eigenvalue weighted by atomic mass is 16.3. The third kappa shape index (κ3) is 4.47. The Morgan fingerprint density at radius 1 is 1.26 bits per heavy atom. The van der Waals surface area contributed by atoms with Gasteiger partial charge in [-0.05, 0) is 37.1 Å². The molecule has 1 aromatic heterocycles. The highest BCUT2D eigenvalue weighted by Crippen LogP contribution is 2.04. The highest BCUT2D eigenvalue weighted by Gasteiger charge is 2.05. The Morgan fingerprint density at radius 3 is 2.74 bits per heavy atom. The standard InChI is InChI=1S/C16H17NO2/c1-13(12-14-6-3-2-4-7-14)17-16(18)10-9-15-8-5-11-19-15/h2-11,13H,12H2,1H3,(H,17,18)/t13-/m1/s1. The lowest BCUT2D eigenvalue weighted by Gasteiger charge is -2.12. The molecule has 0 unspecified atom stereocenters. The Labute approximate surface area is 112 Å². The highest BCUT2D eigenvalue weighted by molar-refractivity contribution is 5.91. The summed E-state index contributed by atoms with van der Waals surface area (Å²) in [5, 5.41) is 2.92. The summed E-state index contributed by atoms with van der Waals surface area (Å²) in [5.41, 5.74) is 1.21. The van der Waals surface area contributed by atoms with Gasteiger partial charge in [0.25, 0.3) is 0 Å². The monoisotopic (exact) mass is 255 g/mol. The minimum atomic E-state index is -0.111. The summed E-state index contributed by atoms with van der Waals surface area (Å²) in [6.45, 7) is 1.99. The maximum Gasteiger partial charge on any atom is 0.244 e. The van der Waals surface area contributed by atoms with E-state index in [-0.39, 0.29) is 11.9 Å². The molecule has 2 aromatic rings. The number of furan rings is 1. The molecule has 0 fully saturated rings. The summed E-state index contributed by atoms with van der Waals surface area (Å²) in [4.78, 5) is 11.7. The molecule has 2 rings (SSSR count). The molecule has 1 amide bonds. The number of nitrogens with one attached hydrogen (secondary N) is 1. The van der Waals surface area contributed by atoms with Crippen molar-refractivity contribution in [1.29, 1.82) is 0 Å². The van der Waals surface area contributed by atoms with Crippen molar-refractivity contribution in [2.45, 2.75) is 19.4 Å². The summed E-state index contributed by atoms with van der Waals surface area (Å²) in [5.74, 6) is 0.561. The summed E-state index contributed by atoms with van der Waals surface area (Å²) in [6, 6.07) is 13.8. The third-order valence-electron chi connectivity index (χ3n) is 2.72. The van der Waals surface area contributed by atoms with Crippen LogP contribution in [0.1, 0.15) is 18.2 Å². The zero-order chi connectivity index (χ0) is 13.5. The molecule has 1 aromatic carbocycles. The predicted molar refractivity (Wildman–Crippen MR) is 75.5 cm³/mol. The van der Waals surface area contributed by atoms with Crippen LogP contribution in [0.25, 0.3) is 6.08 Å². The van der Waals surface area contributed by atoms with Gasteiger partial charge in [0.2, 0.25) is 5.91 Å². The average Bonchev–Trinajstić information content (AvgIpc) is 2.90. The van der Waals surface area contributed by atoms with Crippen LogP contribution in [0.3, 0.4) is 0 Å². The van der Waals surface area contributed by atoms with Crippen LogP contribution in [0.5, 0.6) is 0 Å². The minimum absolute atomic E-state index is 0.0937. The van der Waals surface area contributed by atoms with Crippen LogP contribution in [-0.2, 0) is 11.2 Å². The van der Waals surface area contributed by atoms with Gasteiger partial charge in [0, 0.05) is 12.1 Å². The molecule has 0 aliphatic heterocycles. The molecule has 0 saturated carbocycles. The molecule has 0 saturated heterocycles. The van der Waals surface area contributed by atoms with Gasteiger partial charge >= 0.3 is 0 Å². The smallest absolute Gasteiger partial charge is 0.244 e. The number of hydrogen-bond acceptors (Lipinski definition) is 2. The summed E-state index contributed by atoms with van der Waals surface area (Å²) in [6.07, 6.45) is 5.54. The summed E-state index contributed by atoms with van der Waals surface area (Å²) in [7, 11) is 0. The molecule has 3 nitrogen and oxygen atoms in total. The van der Waals surface area contributed by atoms with E-state index in [2.05, 4.69) is 17.4 Å². The first-order valence-electron chi connectivity index (χ1n) is 6.30. The van der Waals surface area contributed by atoms with E-state index in [9.17, 15) is 4.79 Å². The van der Waals surface area contributed by atoms with E-state index in [1.54, 1.807) is 24.5 Å². The van der Waals surface area contributed by atoms with Crippen molar-refractivity contribution < 1.29 is 9.21 Å². The summed E-state index contributed by atoms with van der Waals surface area (Å²) < 4.78 is 5.12. The van der Waals surface area contributed by atoms with Crippen LogP contribution in [0.4, 0.5) is 0 Å². The van der Waals surface area contributed by atoms with E-state index in [1.807, 2.05) is 25.1 Å². The van der Waals surface area contributed by atoms with Gasteiger partial charge in [-0.25, -0.2) is 0 Å². The van der Waals surface area contributed by atoms with Crippen molar-refractivity contribution in [2.24, 2.45) is 0 Å². The molecule has 0 bridgehead atoms. The van der Waals surface area contributed by atoms with Crippen LogP contribution in [-0.4, -0.2) is 11.9 Å². The van der Waals surface area contributed by atoms with Crippen molar-refractivity contribution >= 4 is 12.0 Å². The van der Waals surface area contributed by atoms with Gasteiger partial charge in [-0.1, -0.05) is 30.3 Å². The van der Waals surface area contributed by atoms with Crippen LogP contribution in [0, 0.1) is 0 Å². The molecule has 1 N–H and O–H groups in total. The largest absolute Gasteiger partial charge is 0.465 e. The quantitative estimate of drug-likeness (QED) is 0.834. The third-order valence-corrected chi connectivity index (χ3v) is 2.72. The second-order valence-electron chi connectivity index (χ2n) is 4.45. The molecule has 0 aliphatic rings. The van der Waals surface area contributed by atoms with E-state index in [1.165, 1.54) is 11.6 Å². The normalized spacial score (nSPS) is 12.5. The molecular formula is C16H17NO2. The molecule has 98 valence electrons. The molecule has 0 radical (unpaired) electrons. The van der Waals surface area contributed by atoms with Gasteiger partial charge in [-0.2, -0.15) is 0 Å². The zero-order valence-electron chi connectivity index (χ0n) is 10.9. The average molecular weight is 255 g/mol. The van der Waals surface area contributed by atoms with E-state index in [0.29, 0.717) is 5.76 Å². The second kappa shape index (κ2) is 6.59. The SMILES string of the molecule is C[C@H](Cc1ccccc1)NC(=O)C=Cc1ccco1. The zero-order valence-corrected chi connectivity index (χ0v) is 10.9. The molecule has 0 aliphatic carbocycles. The first-order chi connectivity index (χ1) is 9.24. The van der Waals surface area contributed by atoms with Gasteiger partial charge in [0.05, 0.1) is 6.26 Å². The fourth-order valence-corrected chi connectivity index (χ4v) is 1.85. The first-order valence-corrected chi connectivity index (χ1v) is 6.30. The van der Waals surface area contributed by atoms with Gasteiger partial charge in [0.1, 0.15) is 5.76 Å². The lowest BCUT2D eigenvalue weighted by Crippen LogP contribution is -2.32. The number of amides is 1. The van der Waals surface area contributed by atoms with E-state index >= 15 is 0 Å². The van der Waals surface area contributed by atoms with Gasteiger partial charge < -0.3 is 9.73 Å². The molecular weight excluding hydrogens is 238 g/mol. The molecule has 0 spiro atoms. The molecule has 19 heavy (non-hydrogen) atoms. The number of benzene rings is 1. The Hall–Kier alpha value is -2.29. The number of hydrogen-bond donors (Lipinski definition) is 1. The number of rotatable bonds is 5. The minimum Gasteiger partial charge on any atom is -0.465 e. The van der Waals surface area contributed by atoms with Crippen LogP contribution in [0.15, 0.2) is 59.2 Å². The van der Waals surface area contributed by atoms with Crippen LogP contribution >= 0.6 is 0 Å². The Morgan fingerprint density at radius 2 is 2.05 bits per heavy atom. The van der Waals surface area contributed by atoms with Crippen molar-refractivity contribution in [1.82, 2.24) is 5.32 Å². The van der Waals surface area contributed by atoms with Gasteiger partial charge in [0.15, 0.2) is 0 Å². The van der Waals surface area contributed by atoms with Gasteiger partial charge in [-0.15, -0.1) is 0 Å². The Bertz CT molecular complexity index is 529. The van der Waals surface area contributed by atoms with E-state index < -0.39 is 0 Å². The number of carbonyl (C=O) groups is 1. The van der Waals surface area contributed by atoms with Crippen LogP contribution < -0.4 is 5.32 Å². The maximum absolute atomic E-state index is 11.7. The van der Waals surface area contributed by atoms with Crippen molar-refractivity contribution in [2.75, 3.05) is 0 Å². The lowest BCUT2D eigenvalue weighted by atomic mass is 10.1. The number of carbonyl (C=O) groups excluding carboxylic acids is 1. The van der Waals surface area contributed by atoms with Crippen molar-refractivity contribution in [3.05, 3.63) is 66.1 Å². The van der Waals surface area contributed by atoms with E-state index in [0.717, 1.165) is 6.42 Å². The second-order valence-corrected chi connectivity index (χ2v) is 4.45. The fraction of sp³-hybridized carbons (Fsp3) is 0.188. The van der Waals surface area contributed by atoms with E-state index in [4.69, 9.17) is 4.42 Å². The molecule has 3 heteroatoms.